The Balaban J connectivity index is 1.68. The van der Waals surface area contributed by atoms with Gasteiger partial charge in [-0.3, -0.25) is 0 Å². The van der Waals surface area contributed by atoms with Crippen molar-refractivity contribution in [2.24, 2.45) is 0 Å². The van der Waals surface area contributed by atoms with Crippen molar-refractivity contribution in [3.05, 3.63) is 23.2 Å². The zero-order valence-electron chi connectivity index (χ0n) is 13.7. The first-order valence-electron chi connectivity index (χ1n) is 8.26. The van der Waals surface area contributed by atoms with Gasteiger partial charge in [-0.25, -0.2) is 21.6 Å². The molecule has 0 spiro atoms. The monoisotopic (exact) mass is 405 g/mol. The van der Waals surface area contributed by atoms with Crippen LogP contribution < -0.4 is 4.90 Å². The molecule has 1 aromatic heterocycles. The summed E-state index contributed by atoms with van der Waals surface area (Å²) in [5.41, 5.74) is -1.16. The van der Waals surface area contributed by atoms with E-state index in [0.29, 0.717) is 5.39 Å². The molecule has 5 nitrogen and oxygen atoms in total. The third-order valence-electron chi connectivity index (χ3n) is 6.03. The van der Waals surface area contributed by atoms with Gasteiger partial charge in [-0.05, 0) is 19.1 Å². The van der Waals surface area contributed by atoms with Gasteiger partial charge in [0.1, 0.15) is 10.4 Å². The van der Waals surface area contributed by atoms with Gasteiger partial charge in [-0.1, -0.05) is 17.7 Å². The van der Waals surface area contributed by atoms with Crippen LogP contribution in [0.5, 0.6) is 0 Å². The third kappa shape index (κ3) is 1.78. The Morgan fingerprint density at radius 1 is 1.23 bits per heavy atom. The minimum atomic E-state index is -3.97. The first-order chi connectivity index (χ1) is 12.0. The molecule has 2 bridgehead atoms. The number of benzene rings is 1. The number of anilines is 1. The van der Waals surface area contributed by atoms with Crippen LogP contribution in [0, 0.1) is 0 Å². The van der Waals surface area contributed by atoms with Gasteiger partial charge in [0.05, 0.1) is 28.5 Å². The smallest absolute Gasteiger partial charge is 0.284 e. The summed E-state index contributed by atoms with van der Waals surface area (Å²) in [6, 6.07) is 3.56. The third-order valence-corrected chi connectivity index (χ3v) is 8.61. The summed E-state index contributed by atoms with van der Waals surface area (Å²) in [7, 11) is -3.97. The molecule has 140 valence electrons. The second kappa shape index (κ2) is 4.49. The van der Waals surface area contributed by atoms with E-state index >= 15 is 0 Å². The van der Waals surface area contributed by atoms with E-state index in [1.807, 2.05) is 0 Å². The zero-order chi connectivity index (χ0) is 18.7. The highest BCUT2D eigenvalue weighted by molar-refractivity contribution is 7.91. The lowest BCUT2D eigenvalue weighted by molar-refractivity contribution is -0.107. The molecule has 10 heteroatoms. The second-order valence-corrected chi connectivity index (χ2v) is 10.3. The molecule has 1 atom stereocenters. The van der Waals surface area contributed by atoms with Gasteiger partial charge >= 0.3 is 0 Å². The molecule has 4 fully saturated rings. The predicted molar refractivity (Wildman–Crippen MR) is 91.2 cm³/mol. The van der Waals surface area contributed by atoms with Crippen molar-refractivity contribution >= 4 is 38.3 Å². The molecule has 1 aromatic carbocycles. The van der Waals surface area contributed by atoms with Crippen LogP contribution in [0.1, 0.15) is 26.2 Å². The summed E-state index contributed by atoms with van der Waals surface area (Å²) in [6.45, 7) is 0.804. The highest BCUT2D eigenvalue weighted by Crippen LogP contribution is 2.67. The van der Waals surface area contributed by atoms with E-state index in [2.05, 4.69) is 5.10 Å². The maximum atomic E-state index is 13.9. The lowest BCUT2D eigenvalue weighted by Crippen LogP contribution is -2.73. The van der Waals surface area contributed by atoms with Gasteiger partial charge in [0.15, 0.2) is 5.82 Å². The van der Waals surface area contributed by atoms with Crippen molar-refractivity contribution in [3.8, 4) is 0 Å². The highest BCUT2D eigenvalue weighted by atomic mass is 35.5. The molecule has 3 aliphatic carbocycles. The van der Waals surface area contributed by atoms with E-state index in [-0.39, 0.29) is 35.6 Å². The first-order valence-corrected chi connectivity index (χ1v) is 10.1. The maximum Gasteiger partial charge on any atom is 0.284 e. The van der Waals surface area contributed by atoms with Gasteiger partial charge in [0.2, 0.25) is 0 Å². The molecular formula is C16H15ClF3N3O2S. The largest absolute Gasteiger partial charge is 0.340 e. The first kappa shape index (κ1) is 16.7. The molecule has 0 radical (unpaired) electrons. The number of rotatable bonds is 3. The fraction of sp³-hybridized carbons (Fsp3) is 0.562. The summed E-state index contributed by atoms with van der Waals surface area (Å²) in [4.78, 5) is 1.35. The Morgan fingerprint density at radius 3 is 2.42 bits per heavy atom. The Hall–Kier alpha value is -1.48. The number of aromatic nitrogens is 2. The molecule has 2 aromatic rings. The van der Waals surface area contributed by atoms with E-state index in [1.54, 1.807) is 12.1 Å². The number of fused-ring (bicyclic) bond motifs is 1. The lowest BCUT2D eigenvalue weighted by Gasteiger charge is -2.63. The second-order valence-electron chi connectivity index (χ2n) is 7.73. The van der Waals surface area contributed by atoms with Crippen LogP contribution in [0.3, 0.4) is 0 Å². The molecule has 3 saturated carbocycles. The maximum absolute atomic E-state index is 13.9. The molecule has 26 heavy (non-hydrogen) atoms. The molecule has 1 saturated heterocycles. The number of alkyl halides is 3. The summed E-state index contributed by atoms with van der Waals surface area (Å²) < 4.78 is 67.1. The van der Waals surface area contributed by atoms with E-state index in [9.17, 15) is 21.6 Å². The highest BCUT2D eigenvalue weighted by Gasteiger charge is 2.76. The molecular weight excluding hydrogens is 391 g/mol. The van der Waals surface area contributed by atoms with Crippen molar-refractivity contribution in [1.82, 2.24) is 9.19 Å². The minimum absolute atomic E-state index is 0.0439. The van der Waals surface area contributed by atoms with Crippen molar-refractivity contribution in [2.45, 2.75) is 48.6 Å². The summed E-state index contributed by atoms with van der Waals surface area (Å²) in [5, 5.41) is 4.73. The topological polar surface area (TPSA) is 55.2 Å². The number of hydrogen-bond donors (Lipinski definition) is 0. The Kier molecular flexibility index (Phi) is 2.88. The van der Waals surface area contributed by atoms with Crippen LogP contribution in [0.25, 0.3) is 10.9 Å². The number of halogens is 4. The standard InChI is InChI=1S/C16H15ClF3N3O2S/c1-9-16(19,20)8-22(9)13-12-10(17)3-2-4-11(12)23(21-13)26(24,25)15-5-14(18,6-15)7-15/h2-4,9H,5-8H2,1H3. The Labute approximate surface area is 152 Å². The average molecular weight is 406 g/mol. The van der Waals surface area contributed by atoms with E-state index in [1.165, 1.54) is 17.9 Å². The van der Waals surface area contributed by atoms with E-state index in [0.717, 1.165) is 4.09 Å². The molecule has 1 aliphatic heterocycles. The molecule has 1 unspecified atom stereocenters. The van der Waals surface area contributed by atoms with Gasteiger partial charge in [0.25, 0.3) is 15.9 Å². The van der Waals surface area contributed by atoms with Crippen LogP contribution in [0.2, 0.25) is 5.02 Å². The van der Waals surface area contributed by atoms with Crippen LogP contribution in [0.15, 0.2) is 18.2 Å². The van der Waals surface area contributed by atoms with Crippen molar-refractivity contribution in [2.75, 3.05) is 11.4 Å². The number of hydrogen-bond acceptors (Lipinski definition) is 4. The average Bonchev–Trinajstić information content (AvgIpc) is 2.89. The summed E-state index contributed by atoms with van der Waals surface area (Å²) >= 11 is 6.24. The van der Waals surface area contributed by atoms with E-state index in [4.69, 9.17) is 11.6 Å². The van der Waals surface area contributed by atoms with E-state index < -0.39 is 38.9 Å². The molecule has 0 amide bonds. The van der Waals surface area contributed by atoms with Gasteiger partial charge in [0, 0.05) is 19.3 Å². The number of nitrogens with zero attached hydrogens (tertiary/aromatic N) is 3. The quantitative estimate of drug-likeness (QED) is 0.785. The SMILES string of the molecule is CC1N(c2nn(S(=O)(=O)C34CC(F)(C3)C4)c3cccc(Cl)c23)CC1(F)F. The summed E-state index contributed by atoms with van der Waals surface area (Å²) in [6.07, 6.45) is -0.132. The minimum Gasteiger partial charge on any atom is -0.340 e. The Morgan fingerprint density at radius 2 is 1.88 bits per heavy atom. The van der Waals surface area contributed by atoms with Gasteiger partial charge < -0.3 is 4.90 Å². The van der Waals surface area contributed by atoms with Crippen LogP contribution in [-0.2, 0) is 10.0 Å². The van der Waals surface area contributed by atoms with Crippen molar-refractivity contribution < 1.29 is 21.6 Å². The van der Waals surface area contributed by atoms with Crippen LogP contribution in [0.4, 0.5) is 19.0 Å². The van der Waals surface area contributed by atoms with Crippen molar-refractivity contribution in [1.29, 1.82) is 0 Å². The Bertz CT molecular complexity index is 1050. The molecule has 6 rings (SSSR count). The molecule has 2 heterocycles. The molecule has 4 aliphatic rings. The summed E-state index contributed by atoms with van der Waals surface area (Å²) in [5.74, 6) is -2.75. The predicted octanol–water partition coefficient (Wildman–Crippen LogP) is 3.36. The zero-order valence-corrected chi connectivity index (χ0v) is 15.3. The van der Waals surface area contributed by atoms with Gasteiger partial charge in [-0.15, -0.1) is 5.10 Å². The fourth-order valence-corrected chi connectivity index (χ4v) is 6.91. The normalized spacial score (nSPS) is 35.0. The van der Waals surface area contributed by atoms with Crippen molar-refractivity contribution in [3.63, 3.8) is 0 Å². The van der Waals surface area contributed by atoms with Crippen LogP contribution >= 0.6 is 11.6 Å². The lowest BCUT2D eigenvalue weighted by atomic mass is 9.52. The molecule has 0 N–H and O–H groups in total. The van der Waals surface area contributed by atoms with Crippen LogP contribution in [-0.4, -0.2) is 46.5 Å². The van der Waals surface area contributed by atoms with Gasteiger partial charge in [-0.2, -0.15) is 4.09 Å². The fourth-order valence-electron chi connectivity index (χ4n) is 4.37.